The number of phenols is 1. The van der Waals surface area contributed by atoms with Crippen molar-refractivity contribution in [3.8, 4) is 11.5 Å². The number of nitrogens with one attached hydrogen (secondary N) is 2. The highest BCUT2D eigenvalue weighted by Crippen LogP contribution is 2.27. The van der Waals surface area contributed by atoms with E-state index >= 15 is 0 Å². The summed E-state index contributed by atoms with van der Waals surface area (Å²) in [5.74, 6) is -0.200. The summed E-state index contributed by atoms with van der Waals surface area (Å²) in [5.41, 5.74) is 2.74. The number of hydrogen-bond donors (Lipinski definition) is 3. The molecule has 130 valence electrons. The van der Waals surface area contributed by atoms with Crippen LogP contribution in [0.15, 0.2) is 23.3 Å². The molecule has 0 saturated heterocycles. The van der Waals surface area contributed by atoms with Crippen LogP contribution in [0.3, 0.4) is 0 Å². The van der Waals surface area contributed by atoms with E-state index in [4.69, 9.17) is 4.74 Å². The molecule has 2 rings (SSSR count). The van der Waals surface area contributed by atoms with E-state index in [1.165, 1.54) is 19.7 Å². The fourth-order valence-corrected chi connectivity index (χ4v) is 2.70. The molecule has 0 aliphatic heterocycles. The van der Waals surface area contributed by atoms with Gasteiger partial charge < -0.3 is 15.2 Å². The molecule has 7 nitrogen and oxygen atoms in total. The number of hydrazone groups is 1. The number of hydrogen-bond acceptors (Lipinski definition) is 5. The van der Waals surface area contributed by atoms with Gasteiger partial charge in [-0.25, -0.2) is 5.43 Å². The topological polar surface area (TPSA) is 100 Å². The molecule has 3 N–H and O–H groups in total. The molecule has 2 amide bonds. The molecular weight excluding hydrogens is 310 g/mol. The fourth-order valence-electron chi connectivity index (χ4n) is 2.70. The fraction of sp³-hybridized carbons (Fsp3) is 0.471. The van der Waals surface area contributed by atoms with Gasteiger partial charge in [0.15, 0.2) is 11.5 Å². The smallest absolute Gasteiger partial charge is 0.259 e. The monoisotopic (exact) mass is 333 g/mol. The number of phenolic OH excluding ortho intramolecular Hbond substituents is 1. The summed E-state index contributed by atoms with van der Waals surface area (Å²) in [4.78, 5) is 23.6. The van der Waals surface area contributed by atoms with Crippen LogP contribution in [-0.4, -0.2) is 36.8 Å². The maximum absolute atomic E-state index is 11.9. The van der Waals surface area contributed by atoms with Gasteiger partial charge in [0.1, 0.15) is 0 Å². The Labute approximate surface area is 141 Å². The summed E-state index contributed by atoms with van der Waals surface area (Å²) in [6, 6.07) is 4.95. The Kier molecular flexibility index (Phi) is 6.60. The molecule has 0 bridgehead atoms. The second-order valence-electron chi connectivity index (χ2n) is 5.74. The third kappa shape index (κ3) is 4.97. The van der Waals surface area contributed by atoms with Gasteiger partial charge in [0, 0.05) is 11.5 Å². The Morgan fingerprint density at radius 1 is 1.33 bits per heavy atom. The van der Waals surface area contributed by atoms with Crippen molar-refractivity contribution in [3.05, 3.63) is 23.8 Å². The van der Waals surface area contributed by atoms with E-state index in [1.807, 2.05) is 0 Å². The van der Waals surface area contributed by atoms with Crippen LogP contribution in [0, 0.1) is 5.92 Å². The van der Waals surface area contributed by atoms with Crippen molar-refractivity contribution in [2.75, 3.05) is 13.7 Å². The Morgan fingerprint density at radius 2 is 2.08 bits per heavy atom. The Balaban J connectivity index is 1.77. The lowest BCUT2D eigenvalue weighted by atomic mass is 9.89. The molecule has 0 heterocycles. The van der Waals surface area contributed by atoms with E-state index in [0.717, 1.165) is 25.7 Å². The summed E-state index contributed by atoms with van der Waals surface area (Å²) in [5, 5.41) is 16.3. The first-order valence-electron chi connectivity index (χ1n) is 8.07. The van der Waals surface area contributed by atoms with E-state index in [0.29, 0.717) is 11.3 Å². The Hall–Kier alpha value is -2.57. The van der Waals surface area contributed by atoms with Gasteiger partial charge in [0.25, 0.3) is 5.91 Å². The van der Waals surface area contributed by atoms with Gasteiger partial charge in [0.05, 0.1) is 19.9 Å². The van der Waals surface area contributed by atoms with Crippen molar-refractivity contribution < 1.29 is 19.4 Å². The van der Waals surface area contributed by atoms with E-state index < -0.39 is 5.91 Å². The number of aromatic hydroxyl groups is 1. The molecule has 0 radical (unpaired) electrons. The number of rotatable bonds is 6. The lowest BCUT2D eigenvalue weighted by molar-refractivity contribution is -0.129. The number of amides is 2. The molecule has 1 aromatic rings. The predicted molar refractivity (Wildman–Crippen MR) is 90.0 cm³/mol. The third-order valence-corrected chi connectivity index (χ3v) is 4.04. The van der Waals surface area contributed by atoms with Crippen molar-refractivity contribution in [1.82, 2.24) is 10.7 Å². The van der Waals surface area contributed by atoms with E-state index in [2.05, 4.69) is 15.8 Å². The minimum absolute atomic E-state index is 0.0174. The molecule has 0 atom stereocenters. The minimum atomic E-state index is -0.419. The van der Waals surface area contributed by atoms with Gasteiger partial charge in [0.2, 0.25) is 5.91 Å². The average Bonchev–Trinajstić information content (AvgIpc) is 2.62. The number of carbonyl (C=O) groups excluding carboxylic acids is 2. The van der Waals surface area contributed by atoms with Crippen LogP contribution >= 0.6 is 0 Å². The molecular formula is C17H23N3O4. The van der Waals surface area contributed by atoms with Crippen LogP contribution < -0.4 is 15.5 Å². The molecule has 1 aromatic carbocycles. The largest absolute Gasteiger partial charge is 0.504 e. The third-order valence-electron chi connectivity index (χ3n) is 4.04. The van der Waals surface area contributed by atoms with Crippen LogP contribution in [0.1, 0.15) is 37.7 Å². The van der Waals surface area contributed by atoms with Gasteiger partial charge >= 0.3 is 0 Å². The lowest BCUT2D eigenvalue weighted by Crippen LogP contribution is -2.38. The zero-order valence-corrected chi connectivity index (χ0v) is 13.7. The molecule has 0 aromatic heterocycles. The summed E-state index contributed by atoms with van der Waals surface area (Å²) in [6.07, 6.45) is 6.41. The SMILES string of the molecule is COc1cccc(C=NNC(=O)CNC(=O)C2CCCCC2)c1O. The first-order valence-corrected chi connectivity index (χ1v) is 8.07. The van der Waals surface area contributed by atoms with Crippen LogP contribution in [0.25, 0.3) is 0 Å². The summed E-state index contributed by atoms with van der Waals surface area (Å²) in [7, 11) is 1.45. The van der Waals surface area contributed by atoms with Crippen molar-refractivity contribution in [2.24, 2.45) is 11.0 Å². The quantitative estimate of drug-likeness (QED) is 0.543. The van der Waals surface area contributed by atoms with E-state index in [1.54, 1.807) is 18.2 Å². The van der Waals surface area contributed by atoms with Gasteiger partial charge in [-0.3, -0.25) is 9.59 Å². The Bertz CT molecular complexity index is 610. The summed E-state index contributed by atoms with van der Waals surface area (Å²) < 4.78 is 4.99. The van der Waals surface area contributed by atoms with Crippen molar-refractivity contribution in [1.29, 1.82) is 0 Å². The zero-order valence-electron chi connectivity index (χ0n) is 13.7. The second-order valence-corrected chi connectivity index (χ2v) is 5.74. The maximum atomic E-state index is 11.9. The summed E-state index contributed by atoms with van der Waals surface area (Å²) in [6.45, 7) is -0.114. The standard InChI is InChI=1S/C17H23N3O4/c1-24-14-9-5-8-13(16(14)22)10-19-20-15(21)11-18-17(23)12-6-3-2-4-7-12/h5,8-10,12,22H,2-4,6-7,11H2,1H3,(H,18,23)(H,20,21). The van der Waals surface area contributed by atoms with Gasteiger partial charge in [-0.15, -0.1) is 0 Å². The minimum Gasteiger partial charge on any atom is -0.504 e. The van der Waals surface area contributed by atoms with Gasteiger partial charge in [-0.2, -0.15) is 5.10 Å². The molecule has 0 spiro atoms. The molecule has 1 saturated carbocycles. The summed E-state index contributed by atoms with van der Waals surface area (Å²) >= 11 is 0. The first kappa shape index (κ1) is 17.8. The highest BCUT2D eigenvalue weighted by Gasteiger charge is 2.21. The maximum Gasteiger partial charge on any atom is 0.259 e. The molecule has 1 fully saturated rings. The number of carbonyl (C=O) groups is 2. The average molecular weight is 333 g/mol. The molecule has 1 aliphatic rings. The van der Waals surface area contributed by atoms with Crippen LogP contribution in [0.5, 0.6) is 11.5 Å². The number of nitrogens with zero attached hydrogens (tertiary/aromatic N) is 1. The number of para-hydroxylation sites is 1. The number of ether oxygens (including phenoxy) is 1. The predicted octanol–water partition coefficient (Wildman–Crippen LogP) is 1.55. The first-order chi connectivity index (χ1) is 11.6. The van der Waals surface area contributed by atoms with Crippen molar-refractivity contribution in [3.63, 3.8) is 0 Å². The van der Waals surface area contributed by atoms with Crippen LogP contribution in [0.2, 0.25) is 0 Å². The van der Waals surface area contributed by atoms with E-state index in [-0.39, 0.29) is 24.1 Å². The van der Waals surface area contributed by atoms with Gasteiger partial charge in [-0.1, -0.05) is 25.3 Å². The van der Waals surface area contributed by atoms with Crippen LogP contribution in [0.4, 0.5) is 0 Å². The molecule has 1 aliphatic carbocycles. The zero-order chi connectivity index (χ0) is 17.4. The lowest BCUT2D eigenvalue weighted by Gasteiger charge is -2.20. The van der Waals surface area contributed by atoms with E-state index in [9.17, 15) is 14.7 Å². The van der Waals surface area contributed by atoms with Gasteiger partial charge in [-0.05, 0) is 25.0 Å². The Morgan fingerprint density at radius 3 is 2.79 bits per heavy atom. The molecule has 0 unspecified atom stereocenters. The number of methoxy groups -OCH3 is 1. The normalized spacial score (nSPS) is 15.2. The molecule has 7 heteroatoms. The number of benzene rings is 1. The van der Waals surface area contributed by atoms with Crippen molar-refractivity contribution >= 4 is 18.0 Å². The van der Waals surface area contributed by atoms with Crippen molar-refractivity contribution in [2.45, 2.75) is 32.1 Å². The highest BCUT2D eigenvalue weighted by molar-refractivity contribution is 5.88. The highest BCUT2D eigenvalue weighted by atomic mass is 16.5. The second kappa shape index (κ2) is 8.90. The van der Waals surface area contributed by atoms with Crippen LogP contribution in [-0.2, 0) is 9.59 Å². The molecule has 24 heavy (non-hydrogen) atoms.